The SMILES string of the molecule is CC1(C)c2cc(N(c3ccc([Si](C)(C)C)cc3)c3cccc4c3oc3ccccc34)ccc2-c2ccc3c(c21)C(C)(C)c1cc(N(c2ccc([Si](C)(C)C)cc2)c2cccc4c2oc2ccccc24)c2ccccc2c1-3. The Hall–Kier alpha value is -7.91. The monoisotopic (exact) mass is 1020 g/mol. The van der Waals surface area contributed by atoms with Gasteiger partial charge in [-0.2, -0.15) is 0 Å². The first-order valence-corrected chi connectivity index (χ1v) is 34.0. The minimum absolute atomic E-state index is 0.330. The fraction of sp³-hybridized carbons (Fsp3) is 0.171. The molecule has 0 atom stereocenters. The molecule has 0 saturated heterocycles. The standard InChI is InChI=1S/C70H62N2O2Si2/c1-69(2)57-41-45(71(43-29-34-46(35-30-43)75(5,6)7)59-25-17-23-54-50-20-13-15-27-62(50)73-67(54)59)33-38-48(57)53-39-40-56-64-52-22-12-11-19-49(52)61(42-58(64)70(3,4)66(56)65(53)69)72(44-31-36-47(37-32-44)76(8,9)10)60-26-18-24-55-51-21-14-16-28-63(51)74-68(55)60/h11-42H,1-10H3. The minimum atomic E-state index is -1.58. The molecule has 2 aliphatic carbocycles. The van der Waals surface area contributed by atoms with Gasteiger partial charge in [0.15, 0.2) is 11.2 Å². The molecule has 12 aromatic rings. The Morgan fingerprint density at radius 2 is 0.776 bits per heavy atom. The van der Waals surface area contributed by atoms with E-state index in [0.717, 1.165) is 78.0 Å². The van der Waals surface area contributed by atoms with E-state index in [-0.39, 0.29) is 10.8 Å². The van der Waals surface area contributed by atoms with E-state index in [9.17, 15) is 0 Å². The van der Waals surface area contributed by atoms with E-state index in [1.54, 1.807) is 0 Å². The molecule has 0 saturated carbocycles. The number of furan rings is 2. The van der Waals surface area contributed by atoms with Crippen LogP contribution in [0.25, 0.3) is 76.9 Å². The molecule has 0 unspecified atom stereocenters. The smallest absolute Gasteiger partial charge is 0.159 e. The summed E-state index contributed by atoms with van der Waals surface area (Å²) in [5.74, 6) is 0. The van der Waals surface area contributed by atoms with Crippen LogP contribution in [0, 0.1) is 0 Å². The molecule has 10 aromatic carbocycles. The maximum Gasteiger partial charge on any atom is 0.159 e. The molecule has 14 rings (SSSR count). The molecule has 372 valence electrons. The van der Waals surface area contributed by atoms with E-state index in [1.807, 2.05) is 0 Å². The van der Waals surface area contributed by atoms with Crippen molar-refractivity contribution >= 4 is 115 Å². The van der Waals surface area contributed by atoms with E-state index < -0.39 is 16.1 Å². The van der Waals surface area contributed by atoms with Crippen LogP contribution in [0.15, 0.2) is 203 Å². The predicted octanol–water partition coefficient (Wildman–Crippen LogP) is 19.3. The maximum atomic E-state index is 6.87. The molecule has 0 amide bonds. The summed E-state index contributed by atoms with van der Waals surface area (Å²) in [6, 6.07) is 72.4. The molecule has 0 aliphatic heterocycles. The topological polar surface area (TPSA) is 32.8 Å². The van der Waals surface area contributed by atoms with Crippen molar-refractivity contribution in [3.8, 4) is 22.3 Å². The molecule has 6 heteroatoms. The second-order valence-electron chi connectivity index (χ2n) is 24.5. The zero-order valence-corrected chi connectivity index (χ0v) is 47.2. The van der Waals surface area contributed by atoms with Crippen molar-refractivity contribution in [3.63, 3.8) is 0 Å². The highest BCUT2D eigenvalue weighted by molar-refractivity contribution is 6.89. The van der Waals surface area contributed by atoms with Crippen molar-refractivity contribution in [2.75, 3.05) is 9.80 Å². The van der Waals surface area contributed by atoms with Gasteiger partial charge in [0, 0.05) is 54.8 Å². The minimum Gasteiger partial charge on any atom is -0.454 e. The number of hydrogen-bond acceptors (Lipinski definition) is 4. The largest absolute Gasteiger partial charge is 0.454 e. The van der Waals surface area contributed by atoms with Crippen molar-refractivity contribution in [2.45, 2.75) is 77.8 Å². The third kappa shape index (κ3) is 6.79. The fourth-order valence-electron chi connectivity index (χ4n) is 13.2. The Bertz CT molecular complexity index is 4370. The molecule has 2 heterocycles. The molecule has 0 fully saturated rings. The highest BCUT2D eigenvalue weighted by Gasteiger charge is 2.47. The van der Waals surface area contributed by atoms with Gasteiger partial charge in [0.05, 0.1) is 33.2 Å². The lowest BCUT2D eigenvalue weighted by molar-refractivity contribution is 0.601. The average molecular weight is 1020 g/mol. The van der Waals surface area contributed by atoms with Crippen LogP contribution >= 0.6 is 0 Å². The molecule has 2 aromatic heterocycles. The average Bonchev–Trinajstić information content (AvgIpc) is 4.31. The number of benzene rings is 10. The third-order valence-corrected chi connectivity index (χ3v) is 21.2. The summed E-state index contributed by atoms with van der Waals surface area (Å²) >= 11 is 0. The number of para-hydroxylation sites is 4. The summed E-state index contributed by atoms with van der Waals surface area (Å²) in [7, 11) is -3.13. The zero-order valence-electron chi connectivity index (χ0n) is 45.2. The van der Waals surface area contributed by atoms with Crippen LogP contribution in [-0.2, 0) is 10.8 Å². The maximum absolute atomic E-state index is 6.87. The van der Waals surface area contributed by atoms with Crippen LogP contribution in [-0.4, -0.2) is 16.1 Å². The van der Waals surface area contributed by atoms with Gasteiger partial charge in [0.1, 0.15) is 11.2 Å². The van der Waals surface area contributed by atoms with Gasteiger partial charge >= 0.3 is 0 Å². The first-order valence-electron chi connectivity index (χ1n) is 27.0. The molecule has 0 spiro atoms. The van der Waals surface area contributed by atoms with Crippen LogP contribution in [0.3, 0.4) is 0 Å². The van der Waals surface area contributed by atoms with Gasteiger partial charge in [-0.25, -0.2) is 0 Å². The third-order valence-electron chi connectivity index (χ3n) is 17.1. The van der Waals surface area contributed by atoms with Crippen LogP contribution < -0.4 is 20.2 Å². The normalized spacial score (nSPS) is 14.4. The van der Waals surface area contributed by atoms with E-state index in [2.05, 4.69) is 271 Å². The summed E-state index contributed by atoms with van der Waals surface area (Å²) in [5, 5.41) is 9.83. The van der Waals surface area contributed by atoms with E-state index >= 15 is 0 Å². The lowest BCUT2D eigenvalue weighted by atomic mass is 9.72. The Labute approximate surface area is 447 Å². The van der Waals surface area contributed by atoms with Gasteiger partial charge in [0.25, 0.3) is 0 Å². The zero-order chi connectivity index (χ0) is 52.2. The summed E-state index contributed by atoms with van der Waals surface area (Å²) < 4.78 is 13.7. The van der Waals surface area contributed by atoms with Gasteiger partial charge < -0.3 is 18.6 Å². The van der Waals surface area contributed by atoms with Crippen molar-refractivity contribution in [1.29, 1.82) is 0 Å². The van der Waals surface area contributed by atoms with Crippen molar-refractivity contribution < 1.29 is 8.83 Å². The molecular formula is C70H62N2O2Si2. The van der Waals surface area contributed by atoms with Crippen molar-refractivity contribution in [2.24, 2.45) is 0 Å². The van der Waals surface area contributed by atoms with E-state index in [0.29, 0.717) is 0 Å². The van der Waals surface area contributed by atoms with Crippen LogP contribution in [0.1, 0.15) is 49.9 Å². The van der Waals surface area contributed by atoms with Crippen molar-refractivity contribution in [1.82, 2.24) is 0 Å². The number of hydrogen-bond donors (Lipinski definition) is 0. The Morgan fingerprint density at radius 3 is 1.34 bits per heavy atom. The van der Waals surface area contributed by atoms with Gasteiger partial charge in [-0.05, 0) is 117 Å². The molecule has 0 bridgehead atoms. The summed E-state index contributed by atoms with van der Waals surface area (Å²) in [6.07, 6.45) is 0. The molecular weight excluding hydrogens is 957 g/mol. The second-order valence-corrected chi connectivity index (χ2v) is 34.7. The highest BCUT2D eigenvalue weighted by Crippen LogP contribution is 2.62. The van der Waals surface area contributed by atoms with E-state index in [1.165, 1.54) is 65.7 Å². The van der Waals surface area contributed by atoms with Crippen LogP contribution in [0.2, 0.25) is 39.3 Å². The summed E-state index contributed by atoms with van der Waals surface area (Å²) in [5.41, 5.74) is 20.2. The second kappa shape index (κ2) is 16.3. The Kier molecular flexibility index (Phi) is 10.00. The van der Waals surface area contributed by atoms with Gasteiger partial charge in [-0.1, -0.05) is 205 Å². The van der Waals surface area contributed by atoms with Crippen molar-refractivity contribution in [3.05, 3.63) is 216 Å². The molecule has 76 heavy (non-hydrogen) atoms. The van der Waals surface area contributed by atoms with E-state index in [4.69, 9.17) is 8.83 Å². The highest BCUT2D eigenvalue weighted by atomic mass is 28.3. The lowest BCUT2D eigenvalue weighted by Gasteiger charge is -2.32. The number of anilines is 6. The fourth-order valence-corrected chi connectivity index (χ4v) is 15.6. The number of rotatable bonds is 8. The number of nitrogens with zero attached hydrogens (tertiary/aromatic N) is 2. The Balaban J connectivity index is 0.945. The molecule has 2 aliphatic rings. The van der Waals surface area contributed by atoms with Crippen LogP contribution in [0.4, 0.5) is 34.1 Å². The molecule has 4 nitrogen and oxygen atoms in total. The van der Waals surface area contributed by atoms with Crippen LogP contribution in [0.5, 0.6) is 0 Å². The van der Waals surface area contributed by atoms with Gasteiger partial charge in [-0.15, -0.1) is 0 Å². The predicted molar refractivity (Wildman–Crippen MR) is 329 cm³/mol. The first kappa shape index (κ1) is 46.6. The molecule has 0 radical (unpaired) electrons. The number of fused-ring (bicyclic) bond motifs is 15. The summed E-state index contributed by atoms with van der Waals surface area (Å²) in [4.78, 5) is 4.90. The Morgan fingerprint density at radius 1 is 0.342 bits per heavy atom. The molecule has 0 N–H and O–H groups in total. The first-order chi connectivity index (χ1) is 36.5. The lowest BCUT2D eigenvalue weighted by Crippen LogP contribution is -2.37. The quantitative estimate of drug-likeness (QED) is 0.142. The van der Waals surface area contributed by atoms with Gasteiger partial charge in [-0.3, -0.25) is 0 Å². The summed E-state index contributed by atoms with van der Waals surface area (Å²) in [6.45, 7) is 24.4. The van der Waals surface area contributed by atoms with Gasteiger partial charge in [0.2, 0.25) is 0 Å².